The highest BCUT2D eigenvalue weighted by atomic mass is 16.3. The van der Waals surface area contributed by atoms with Crippen LogP contribution in [0, 0.1) is 10.8 Å². The number of para-hydroxylation sites is 1. The van der Waals surface area contributed by atoms with Crippen LogP contribution in [0.4, 0.5) is 22.7 Å². The topological polar surface area (TPSA) is 90.1 Å². The molecular weight excluding hydrogens is 673 g/mol. The van der Waals surface area contributed by atoms with E-state index in [1.807, 2.05) is 48.5 Å². The molecule has 4 N–H and O–H groups in total. The van der Waals surface area contributed by atoms with Crippen molar-refractivity contribution in [3.8, 4) is 33.4 Å². The first-order chi connectivity index (χ1) is 27.0. The Labute approximate surface area is 318 Å². The van der Waals surface area contributed by atoms with Crippen LogP contribution >= 0.6 is 0 Å². The van der Waals surface area contributed by atoms with Crippen molar-refractivity contribution in [2.24, 2.45) is 0 Å². The molecule has 1 aliphatic rings. The van der Waals surface area contributed by atoms with Crippen LogP contribution in [0.1, 0.15) is 11.1 Å². The van der Waals surface area contributed by atoms with Gasteiger partial charge in [-0.05, 0) is 98.8 Å². The predicted molar refractivity (Wildman–Crippen MR) is 230 cm³/mol. The zero-order valence-electron chi connectivity index (χ0n) is 29.8. The predicted octanol–water partition coefficient (Wildman–Crippen LogP) is 13.2. The Balaban J connectivity index is 1.22. The molecule has 0 fully saturated rings. The average molecular weight is 707 g/mol. The number of nitrogens with zero attached hydrogens (tertiary/aromatic N) is 1. The van der Waals surface area contributed by atoms with Crippen molar-refractivity contribution in [2.45, 2.75) is 0 Å². The first-order valence-corrected chi connectivity index (χ1v) is 18.3. The van der Waals surface area contributed by atoms with E-state index in [9.17, 15) is 0 Å². The minimum atomic E-state index is 0.206. The summed E-state index contributed by atoms with van der Waals surface area (Å²) in [7, 11) is 0. The zero-order chi connectivity index (χ0) is 37.0. The third-order valence-corrected chi connectivity index (χ3v) is 10.6. The summed E-state index contributed by atoms with van der Waals surface area (Å²) in [6, 6.07) is 58.7. The minimum absolute atomic E-state index is 0.206. The van der Waals surface area contributed by atoms with Crippen LogP contribution in [0.5, 0.6) is 0 Å². The van der Waals surface area contributed by atoms with Gasteiger partial charge in [0.25, 0.3) is 0 Å². The van der Waals surface area contributed by atoms with E-state index < -0.39 is 0 Å². The Hall–Kier alpha value is -7.50. The van der Waals surface area contributed by atoms with Gasteiger partial charge in [-0.25, -0.2) is 0 Å². The molecule has 0 radical (unpaired) electrons. The van der Waals surface area contributed by atoms with Gasteiger partial charge >= 0.3 is 0 Å². The van der Waals surface area contributed by atoms with E-state index in [-0.39, 0.29) is 11.4 Å². The summed E-state index contributed by atoms with van der Waals surface area (Å²) in [6.45, 7) is 0. The van der Waals surface area contributed by atoms with Crippen LogP contribution in [0.25, 0.3) is 72.2 Å². The van der Waals surface area contributed by atoms with Gasteiger partial charge in [-0.1, -0.05) is 121 Å². The summed E-state index contributed by atoms with van der Waals surface area (Å²) >= 11 is 0. The molecule has 5 heteroatoms. The van der Waals surface area contributed by atoms with Gasteiger partial charge in [-0.3, -0.25) is 10.8 Å². The molecule has 0 aliphatic heterocycles. The number of furan rings is 1. The third-order valence-electron chi connectivity index (χ3n) is 10.6. The second-order valence-electron chi connectivity index (χ2n) is 13.9. The molecule has 0 bridgehead atoms. The molecule has 260 valence electrons. The van der Waals surface area contributed by atoms with Gasteiger partial charge in [-0.2, -0.15) is 0 Å². The van der Waals surface area contributed by atoms with Gasteiger partial charge in [0.05, 0.1) is 17.1 Å². The molecule has 1 aromatic heterocycles. The van der Waals surface area contributed by atoms with E-state index in [0.29, 0.717) is 5.69 Å². The van der Waals surface area contributed by atoms with Gasteiger partial charge in [0, 0.05) is 45.0 Å². The number of fused-ring (bicyclic) bond motifs is 6. The second-order valence-corrected chi connectivity index (χ2v) is 13.9. The molecule has 10 rings (SSSR count). The first-order valence-electron chi connectivity index (χ1n) is 18.3. The number of nitrogens with one attached hydrogen (secondary N) is 2. The van der Waals surface area contributed by atoms with Crippen LogP contribution in [0.2, 0.25) is 0 Å². The lowest BCUT2D eigenvalue weighted by Gasteiger charge is -2.29. The molecule has 0 spiro atoms. The van der Waals surface area contributed by atoms with E-state index in [2.05, 4.69) is 132 Å². The molecule has 1 heterocycles. The number of nitrogen functional groups attached to an aromatic ring is 1. The van der Waals surface area contributed by atoms with Crippen molar-refractivity contribution in [3.63, 3.8) is 0 Å². The van der Waals surface area contributed by atoms with E-state index in [1.165, 1.54) is 0 Å². The Bertz CT molecular complexity index is 3050. The molecule has 0 unspecified atom stereocenters. The number of hydrogen-bond acceptors (Lipinski definition) is 5. The smallest absolute Gasteiger partial charge is 0.137 e. The summed E-state index contributed by atoms with van der Waals surface area (Å²) in [5.41, 5.74) is 20.1. The highest BCUT2D eigenvalue weighted by Crippen LogP contribution is 2.46. The quantitative estimate of drug-likeness (QED) is 0.150. The van der Waals surface area contributed by atoms with Crippen molar-refractivity contribution >= 4 is 73.0 Å². The Kier molecular flexibility index (Phi) is 7.53. The molecule has 0 saturated carbocycles. The van der Waals surface area contributed by atoms with Crippen molar-refractivity contribution < 1.29 is 4.42 Å². The molecule has 0 amide bonds. The van der Waals surface area contributed by atoms with Gasteiger partial charge in [-0.15, -0.1) is 0 Å². The molecular formula is C50H34N4O. The number of anilines is 4. The average Bonchev–Trinajstić information content (AvgIpc) is 3.61. The Morgan fingerprint density at radius 3 is 2.04 bits per heavy atom. The van der Waals surface area contributed by atoms with Gasteiger partial charge < -0.3 is 15.1 Å². The highest BCUT2D eigenvalue weighted by Gasteiger charge is 2.23. The van der Waals surface area contributed by atoms with Crippen LogP contribution in [0.15, 0.2) is 180 Å². The maximum atomic E-state index is 8.94. The van der Waals surface area contributed by atoms with E-state index in [1.54, 1.807) is 6.08 Å². The van der Waals surface area contributed by atoms with Gasteiger partial charge in [0.1, 0.15) is 11.2 Å². The fourth-order valence-electron chi connectivity index (χ4n) is 8.08. The van der Waals surface area contributed by atoms with Crippen molar-refractivity contribution in [1.29, 1.82) is 10.8 Å². The van der Waals surface area contributed by atoms with Crippen LogP contribution in [-0.2, 0) is 0 Å². The standard InChI is InChI=1S/C50H34N4O/c51-35-13-8-12-34(28-35)39-17-9-19-46-49(39)42-26-25-37(30-47(42)55-46)54(36-24-22-32-20-21-33-23-27-44(52)50(53)48(33)43(32)29-36)45-18-7-6-16-41(45)40-15-5-4-14-38(40)31-10-2-1-3-11-31/h1-30,52-53H,51H2. The van der Waals surface area contributed by atoms with Crippen molar-refractivity contribution in [2.75, 3.05) is 10.6 Å². The Morgan fingerprint density at radius 1 is 0.491 bits per heavy atom. The summed E-state index contributed by atoms with van der Waals surface area (Å²) in [5, 5.41) is 21.4. The van der Waals surface area contributed by atoms with Gasteiger partial charge in [0.15, 0.2) is 0 Å². The summed E-state index contributed by atoms with van der Waals surface area (Å²) in [6.07, 6.45) is 3.64. The van der Waals surface area contributed by atoms with Crippen molar-refractivity contribution in [3.05, 3.63) is 187 Å². The highest BCUT2D eigenvalue weighted by molar-refractivity contribution is 6.53. The van der Waals surface area contributed by atoms with E-state index in [0.717, 1.165) is 94.3 Å². The molecule has 5 nitrogen and oxygen atoms in total. The van der Waals surface area contributed by atoms with Gasteiger partial charge in [0.2, 0.25) is 0 Å². The van der Waals surface area contributed by atoms with Crippen LogP contribution in [0.3, 0.4) is 0 Å². The fraction of sp³-hybridized carbons (Fsp3) is 0. The fourth-order valence-corrected chi connectivity index (χ4v) is 8.08. The number of nitrogens with two attached hydrogens (primary N) is 1. The molecule has 9 aromatic rings. The lowest BCUT2D eigenvalue weighted by molar-refractivity contribution is 0.669. The molecule has 55 heavy (non-hydrogen) atoms. The normalized spacial score (nSPS) is 12.4. The second kappa shape index (κ2) is 12.9. The summed E-state index contributed by atoms with van der Waals surface area (Å²) in [5.74, 6) is 0. The largest absolute Gasteiger partial charge is 0.456 e. The number of rotatable bonds is 6. The first kappa shape index (κ1) is 32.2. The number of hydrogen-bond donors (Lipinski definition) is 3. The SMILES string of the molecule is N=C1C=Cc2ccc3ccc(N(c4ccc5c(c4)oc4cccc(-c6cccc(N)c6)c45)c4ccccc4-c4ccccc4-c4ccccc4)cc3c2C1=N. The maximum Gasteiger partial charge on any atom is 0.137 e. The summed E-state index contributed by atoms with van der Waals surface area (Å²) < 4.78 is 6.65. The third kappa shape index (κ3) is 5.41. The number of benzene rings is 8. The van der Waals surface area contributed by atoms with E-state index >= 15 is 0 Å². The minimum Gasteiger partial charge on any atom is -0.456 e. The van der Waals surface area contributed by atoms with Crippen LogP contribution in [-0.4, -0.2) is 11.4 Å². The van der Waals surface area contributed by atoms with Crippen molar-refractivity contribution in [1.82, 2.24) is 0 Å². The lowest BCUT2D eigenvalue weighted by Crippen LogP contribution is -2.16. The summed E-state index contributed by atoms with van der Waals surface area (Å²) in [4.78, 5) is 2.29. The molecule has 8 aromatic carbocycles. The molecule has 0 atom stereocenters. The lowest BCUT2D eigenvalue weighted by atomic mass is 9.89. The maximum absolute atomic E-state index is 8.94. The van der Waals surface area contributed by atoms with E-state index in [4.69, 9.17) is 21.0 Å². The molecule has 0 saturated heterocycles. The Morgan fingerprint density at radius 2 is 1.18 bits per heavy atom. The monoisotopic (exact) mass is 706 g/mol. The number of allylic oxidation sites excluding steroid dienone is 1. The van der Waals surface area contributed by atoms with Crippen LogP contribution < -0.4 is 10.6 Å². The molecule has 1 aliphatic carbocycles. The zero-order valence-corrected chi connectivity index (χ0v) is 29.8.